The van der Waals surface area contributed by atoms with Crippen LogP contribution in [0.3, 0.4) is 0 Å². The molecule has 0 saturated carbocycles. The number of rotatable bonds is 3. The van der Waals surface area contributed by atoms with E-state index in [4.69, 9.17) is 4.74 Å². The van der Waals surface area contributed by atoms with E-state index in [1.54, 1.807) is 0 Å². The molecule has 0 aromatic heterocycles. The van der Waals surface area contributed by atoms with E-state index in [0.717, 1.165) is 28.6 Å². The SMILES string of the molecule is Cc1cc(-c2ccccc2)cc(-c2cccc(N3c4ccccc4Oc4ccccc43)c2)c1. The molecule has 0 spiro atoms. The van der Waals surface area contributed by atoms with Crippen LogP contribution in [0.4, 0.5) is 17.1 Å². The van der Waals surface area contributed by atoms with Gasteiger partial charge in [0.15, 0.2) is 11.5 Å². The minimum absolute atomic E-state index is 0.864. The minimum atomic E-state index is 0.864. The van der Waals surface area contributed by atoms with Crippen LogP contribution in [0.25, 0.3) is 22.3 Å². The summed E-state index contributed by atoms with van der Waals surface area (Å²) in [6.45, 7) is 2.16. The topological polar surface area (TPSA) is 12.5 Å². The number of fused-ring (bicyclic) bond motifs is 2. The first-order valence-corrected chi connectivity index (χ1v) is 11.2. The summed E-state index contributed by atoms with van der Waals surface area (Å²) in [5.74, 6) is 1.73. The van der Waals surface area contributed by atoms with Gasteiger partial charge in [0.1, 0.15) is 0 Å². The van der Waals surface area contributed by atoms with Crippen LogP contribution < -0.4 is 9.64 Å². The highest BCUT2D eigenvalue weighted by Gasteiger charge is 2.25. The Hall–Kier alpha value is -4.30. The quantitative estimate of drug-likeness (QED) is 0.281. The van der Waals surface area contributed by atoms with Crippen molar-refractivity contribution in [2.45, 2.75) is 6.92 Å². The Balaban J connectivity index is 1.48. The lowest BCUT2D eigenvalue weighted by Crippen LogP contribution is -2.15. The molecule has 1 heterocycles. The van der Waals surface area contributed by atoms with Gasteiger partial charge in [-0.2, -0.15) is 0 Å². The van der Waals surface area contributed by atoms with Crippen LogP contribution in [0.1, 0.15) is 5.56 Å². The molecule has 33 heavy (non-hydrogen) atoms. The molecule has 5 aromatic rings. The van der Waals surface area contributed by atoms with Crippen molar-refractivity contribution in [3.63, 3.8) is 0 Å². The zero-order valence-electron chi connectivity index (χ0n) is 18.4. The molecule has 0 unspecified atom stereocenters. The van der Waals surface area contributed by atoms with Gasteiger partial charge < -0.3 is 9.64 Å². The van der Waals surface area contributed by atoms with Crippen molar-refractivity contribution in [2.75, 3.05) is 4.90 Å². The molecule has 0 saturated heterocycles. The Morgan fingerprint density at radius 3 is 1.76 bits per heavy atom. The first-order valence-electron chi connectivity index (χ1n) is 11.2. The van der Waals surface area contributed by atoms with Gasteiger partial charge in [0.2, 0.25) is 0 Å². The predicted molar refractivity (Wildman–Crippen MR) is 137 cm³/mol. The maximum absolute atomic E-state index is 6.18. The fourth-order valence-electron chi connectivity index (χ4n) is 4.55. The maximum atomic E-state index is 6.18. The van der Waals surface area contributed by atoms with E-state index in [2.05, 4.69) is 109 Å². The average molecular weight is 426 g/mol. The Morgan fingerprint density at radius 1 is 0.485 bits per heavy atom. The molecule has 158 valence electrons. The average Bonchev–Trinajstić information content (AvgIpc) is 2.87. The van der Waals surface area contributed by atoms with E-state index < -0.39 is 0 Å². The van der Waals surface area contributed by atoms with Crippen molar-refractivity contribution in [3.05, 3.63) is 127 Å². The van der Waals surface area contributed by atoms with Crippen molar-refractivity contribution in [2.24, 2.45) is 0 Å². The maximum Gasteiger partial charge on any atom is 0.151 e. The molecule has 0 atom stereocenters. The monoisotopic (exact) mass is 425 g/mol. The lowest BCUT2D eigenvalue weighted by Gasteiger charge is -2.33. The molecular formula is C31H23NO. The molecule has 1 aliphatic heterocycles. The second kappa shape index (κ2) is 7.99. The van der Waals surface area contributed by atoms with Crippen molar-refractivity contribution < 1.29 is 4.74 Å². The predicted octanol–water partition coefficient (Wildman–Crippen LogP) is 8.90. The second-order valence-corrected chi connectivity index (χ2v) is 8.38. The van der Waals surface area contributed by atoms with Crippen LogP contribution in [0.5, 0.6) is 11.5 Å². The molecule has 0 aliphatic carbocycles. The Kier molecular flexibility index (Phi) is 4.70. The lowest BCUT2D eigenvalue weighted by molar-refractivity contribution is 0.477. The number of hydrogen-bond donors (Lipinski definition) is 0. The third-order valence-electron chi connectivity index (χ3n) is 6.05. The number of ether oxygens (including phenoxy) is 1. The van der Waals surface area contributed by atoms with Gasteiger partial charge in [-0.15, -0.1) is 0 Å². The van der Waals surface area contributed by atoms with Crippen molar-refractivity contribution in [1.29, 1.82) is 0 Å². The molecule has 0 amide bonds. The summed E-state index contributed by atoms with van der Waals surface area (Å²) in [6.07, 6.45) is 0. The zero-order valence-corrected chi connectivity index (χ0v) is 18.4. The fraction of sp³-hybridized carbons (Fsp3) is 0.0323. The van der Waals surface area contributed by atoms with Crippen molar-refractivity contribution in [1.82, 2.24) is 0 Å². The number of para-hydroxylation sites is 4. The van der Waals surface area contributed by atoms with Crippen LogP contribution in [-0.4, -0.2) is 0 Å². The molecule has 0 fully saturated rings. The molecule has 5 aromatic carbocycles. The molecule has 1 aliphatic rings. The third kappa shape index (κ3) is 3.56. The molecule has 2 nitrogen and oxygen atoms in total. The standard InChI is InChI=1S/C31H23NO/c1-22-18-25(23-10-3-2-4-11-23)20-26(19-22)24-12-9-13-27(21-24)32-28-14-5-7-16-30(28)33-31-17-8-6-15-29(31)32/h2-21H,1H3. The van der Waals surface area contributed by atoms with Gasteiger partial charge in [0, 0.05) is 5.69 Å². The Labute approximate surface area is 194 Å². The van der Waals surface area contributed by atoms with Crippen LogP contribution >= 0.6 is 0 Å². The summed E-state index contributed by atoms with van der Waals surface area (Å²) in [7, 11) is 0. The molecule has 0 radical (unpaired) electrons. The summed E-state index contributed by atoms with van der Waals surface area (Å²) in [6, 6.07) is 42.5. The fourth-order valence-corrected chi connectivity index (χ4v) is 4.55. The molecule has 2 heteroatoms. The summed E-state index contributed by atoms with van der Waals surface area (Å²) >= 11 is 0. The summed E-state index contributed by atoms with van der Waals surface area (Å²) < 4.78 is 6.18. The molecular weight excluding hydrogens is 402 g/mol. The summed E-state index contributed by atoms with van der Waals surface area (Å²) in [4.78, 5) is 2.28. The van der Waals surface area contributed by atoms with Gasteiger partial charge in [-0.3, -0.25) is 0 Å². The van der Waals surface area contributed by atoms with E-state index in [1.165, 1.54) is 27.8 Å². The number of aryl methyl sites for hydroxylation is 1. The summed E-state index contributed by atoms with van der Waals surface area (Å²) in [5.41, 5.74) is 9.32. The highest BCUT2D eigenvalue weighted by molar-refractivity contribution is 5.87. The second-order valence-electron chi connectivity index (χ2n) is 8.38. The van der Waals surface area contributed by atoms with E-state index in [0.29, 0.717) is 0 Å². The minimum Gasteiger partial charge on any atom is -0.453 e. The van der Waals surface area contributed by atoms with E-state index in [9.17, 15) is 0 Å². The van der Waals surface area contributed by atoms with E-state index in [1.807, 2.05) is 24.3 Å². The van der Waals surface area contributed by atoms with Crippen LogP contribution in [-0.2, 0) is 0 Å². The van der Waals surface area contributed by atoms with E-state index in [-0.39, 0.29) is 0 Å². The van der Waals surface area contributed by atoms with Gasteiger partial charge in [-0.05, 0) is 77.2 Å². The van der Waals surface area contributed by atoms with Gasteiger partial charge in [-0.25, -0.2) is 0 Å². The highest BCUT2D eigenvalue weighted by Crippen LogP contribution is 2.50. The molecule has 6 rings (SSSR count). The Bertz CT molecular complexity index is 1410. The third-order valence-corrected chi connectivity index (χ3v) is 6.05. The number of benzene rings is 5. The first-order chi connectivity index (χ1) is 16.3. The van der Waals surface area contributed by atoms with Gasteiger partial charge in [-0.1, -0.05) is 78.9 Å². The summed E-state index contributed by atoms with van der Waals surface area (Å²) in [5, 5.41) is 0. The van der Waals surface area contributed by atoms with Gasteiger partial charge in [0.05, 0.1) is 11.4 Å². The van der Waals surface area contributed by atoms with Crippen molar-refractivity contribution in [3.8, 4) is 33.8 Å². The Morgan fingerprint density at radius 2 is 1.06 bits per heavy atom. The number of hydrogen-bond acceptors (Lipinski definition) is 2. The van der Waals surface area contributed by atoms with E-state index >= 15 is 0 Å². The largest absolute Gasteiger partial charge is 0.453 e. The van der Waals surface area contributed by atoms with Crippen LogP contribution in [0.15, 0.2) is 121 Å². The van der Waals surface area contributed by atoms with Crippen LogP contribution in [0, 0.1) is 6.92 Å². The smallest absolute Gasteiger partial charge is 0.151 e. The number of nitrogens with zero attached hydrogens (tertiary/aromatic N) is 1. The zero-order chi connectivity index (χ0) is 22.2. The van der Waals surface area contributed by atoms with Crippen molar-refractivity contribution >= 4 is 17.1 Å². The van der Waals surface area contributed by atoms with Crippen LogP contribution in [0.2, 0.25) is 0 Å². The van der Waals surface area contributed by atoms with Gasteiger partial charge >= 0.3 is 0 Å². The normalized spacial score (nSPS) is 12.0. The number of anilines is 3. The van der Waals surface area contributed by atoms with Gasteiger partial charge in [0.25, 0.3) is 0 Å². The first kappa shape index (κ1) is 19.4. The lowest BCUT2D eigenvalue weighted by atomic mass is 9.96. The molecule has 0 N–H and O–H groups in total. The molecule has 0 bridgehead atoms. The highest BCUT2D eigenvalue weighted by atomic mass is 16.5.